The van der Waals surface area contributed by atoms with Gasteiger partial charge in [-0.15, -0.1) is 6.58 Å². The van der Waals surface area contributed by atoms with Gasteiger partial charge in [-0.2, -0.15) is 0 Å². The summed E-state index contributed by atoms with van der Waals surface area (Å²) >= 11 is 0. The van der Waals surface area contributed by atoms with Gasteiger partial charge in [-0.3, -0.25) is 4.79 Å². The van der Waals surface area contributed by atoms with Crippen molar-refractivity contribution < 1.29 is 4.79 Å². The number of rotatable bonds is 5. The van der Waals surface area contributed by atoms with Crippen LogP contribution in [0.25, 0.3) is 0 Å². The Morgan fingerprint density at radius 1 is 1.50 bits per heavy atom. The zero-order valence-electron chi connectivity index (χ0n) is 9.60. The van der Waals surface area contributed by atoms with Crippen molar-refractivity contribution in [1.82, 2.24) is 4.90 Å². The van der Waals surface area contributed by atoms with Crippen LogP contribution in [0.15, 0.2) is 43.0 Å². The summed E-state index contributed by atoms with van der Waals surface area (Å²) in [6.45, 7) is 6.74. The molecule has 2 N–H and O–H groups in total. The molecule has 86 valence electrons. The monoisotopic (exact) mass is 218 g/mol. The molecular weight excluding hydrogens is 200 g/mol. The second kappa shape index (κ2) is 6.08. The van der Waals surface area contributed by atoms with Gasteiger partial charge in [-0.25, -0.2) is 0 Å². The third kappa shape index (κ3) is 2.94. The lowest BCUT2D eigenvalue weighted by atomic mass is 10.1. The molecule has 1 atom stereocenters. The van der Waals surface area contributed by atoms with Gasteiger partial charge in [0.25, 0.3) is 0 Å². The van der Waals surface area contributed by atoms with Crippen molar-refractivity contribution in [2.75, 3.05) is 13.1 Å². The maximum atomic E-state index is 12.0. The molecule has 1 aromatic rings. The molecule has 0 fully saturated rings. The third-order valence-electron chi connectivity index (χ3n) is 2.47. The predicted octanol–water partition coefficient (Wildman–Crippen LogP) is 1.72. The minimum absolute atomic E-state index is 0.0615. The SMILES string of the molecule is C=CCN(CC)C(=O)C(N)c1ccccc1. The highest BCUT2D eigenvalue weighted by atomic mass is 16.2. The van der Waals surface area contributed by atoms with Gasteiger partial charge in [0.15, 0.2) is 0 Å². The molecule has 1 aromatic carbocycles. The molecule has 1 amide bonds. The Bertz CT molecular complexity index is 348. The average molecular weight is 218 g/mol. The third-order valence-corrected chi connectivity index (χ3v) is 2.47. The number of amides is 1. The number of benzene rings is 1. The Balaban J connectivity index is 2.77. The van der Waals surface area contributed by atoms with Gasteiger partial charge in [0.1, 0.15) is 6.04 Å². The molecule has 3 heteroatoms. The highest BCUT2D eigenvalue weighted by Crippen LogP contribution is 2.12. The van der Waals surface area contributed by atoms with Gasteiger partial charge in [-0.1, -0.05) is 36.4 Å². The summed E-state index contributed by atoms with van der Waals surface area (Å²) < 4.78 is 0. The van der Waals surface area contributed by atoms with E-state index >= 15 is 0 Å². The summed E-state index contributed by atoms with van der Waals surface area (Å²) in [5.41, 5.74) is 6.76. The van der Waals surface area contributed by atoms with Crippen LogP contribution in [0.4, 0.5) is 0 Å². The van der Waals surface area contributed by atoms with Crippen LogP contribution >= 0.6 is 0 Å². The second-order valence-electron chi connectivity index (χ2n) is 3.55. The fraction of sp³-hybridized carbons (Fsp3) is 0.308. The minimum atomic E-state index is -0.582. The number of carbonyl (C=O) groups is 1. The van der Waals surface area contributed by atoms with Crippen LogP contribution in [0.3, 0.4) is 0 Å². The summed E-state index contributed by atoms with van der Waals surface area (Å²) in [5, 5.41) is 0. The molecule has 0 aliphatic rings. The smallest absolute Gasteiger partial charge is 0.244 e. The van der Waals surface area contributed by atoms with Gasteiger partial charge >= 0.3 is 0 Å². The first-order valence-electron chi connectivity index (χ1n) is 5.41. The molecular formula is C13H18N2O. The van der Waals surface area contributed by atoms with E-state index < -0.39 is 6.04 Å². The average Bonchev–Trinajstić information content (AvgIpc) is 2.35. The van der Waals surface area contributed by atoms with Crippen molar-refractivity contribution in [3.05, 3.63) is 48.6 Å². The quantitative estimate of drug-likeness (QED) is 0.765. The molecule has 0 bridgehead atoms. The summed E-state index contributed by atoms with van der Waals surface area (Å²) in [4.78, 5) is 13.7. The first kappa shape index (κ1) is 12.5. The number of nitrogens with zero attached hydrogens (tertiary/aromatic N) is 1. The molecule has 0 aliphatic carbocycles. The van der Waals surface area contributed by atoms with E-state index in [4.69, 9.17) is 5.73 Å². The highest BCUT2D eigenvalue weighted by molar-refractivity contribution is 5.83. The van der Waals surface area contributed by atoms with E-state index in [0.29, 0.717) is 13.1 Å². The van der Waals surface area contributed by atoms with Gasteiger partial charge in [-0.05, 0) is 12.5 Å². The summed E-state index contributed by atoms with van der Waals surface area (Å²) in [6.07, 6.45) is 1.71. The van der Waals surface area contributed by atoms with Crippen molar-refractivity contribution >= 4 is 5.91 Å². The standard InChI is InChI=1S/C13H18N2O/c1-3-10-15(4-2)13(16)12(14)11-8-6-5-7-9-11/h3,5-9,12H,1,4,10,14H2,2H3. The van der Waals surface area contributed by atoms with Crippen molar-refractivity contribution in [3.63, 3.8) is 0 Å². The van der Waals surface area contributed by atoms with Crippen LogP contribution in [-0.2, 0) is 4.79 Å². The van der Waals surface area contributed by atoms with Crippen molar-refractivity contribution in [2.45, 2.75) is 13.0 Å². The molecule has 0 spiro atoms. The maximum absolute atomic E-state index is 12.0. The molecule has 0 aromatic heterocycles. The van der Waals surface area contributed by atoms with Crippen molar-refractivity contribution in [2.24, 2.45) is 5.73 Å². The number of carbonyl (C=O) groups excluding carboxylic acids is 1. The molecule has 1 rings (SSSR count). The summed E-state index contributed by atoms with van der Waals surface area (Å²) in [7, 11) is 0. The molecule has 0 saturated carbocycles. The van der Waals surface area contributed by atoms with Crippen LogP contribution in [0.5, 0.6) is 0 Å². The first-order chi connectivity index (χ1) is 7.70. The normalized spacial score (nSPS) is 11.9. The molecule has 0 radical (unpaired) electrons. The number of likely N-dealkylation sites (N-methyl/N-ethyl adjacent to an activating group) is 1. The Morgan fingerprint density at radius 3 is 2.62 bits per heavy atom. The van der Waals surface area contributed by atoms with E-state index in [1.807, 2.05) is 37.3 Å². The number of nitrogens with two attached hydrogens (primary N) is 1. The maximum Gasteiger partial charge on any atom is 0.244 e. The van der Waals surface area contributed by atoms with Crippen molar-refractivity contribution in [1.29, 1.82) is 0 Å². The van der Waals surface area contributed by atoms with E-state index in [1.165, 1.54) is 0 Å². The predicted molar refractivity (Wildman–Crippen MR) is 65.8 cm³/mol. The van der Waals surface area contributed by atoms with Crippen LogP contribution in [0, 0.1) is 0 Å². The second-order valence-corrected chi connectivity index (χ2v) is 3.55. The lowest BCUT2D eigenvalue weighted by Gasteiger charge is -2.23. The van der Waals surface area contributed by atoms with Crippen LogP contribution in [-0.4, -0.2) is 23.9 Å². The van der Waals surface area contributed by atoms with E-state index in [9.17, 15) is 4.79 Å². The lowest BCUT2D eigenvalue weighted by molar-refractivity contribution is -0.132. The van der Waals surface area contributed by atoms with Gasteiger partial charge in [0.05, 0.1) is 0 Å². The molecule has 0 heterocycles. The highest BCUT2D eigenvalue weighted by Gasteiger charge is 2.19. The Labute approximate surface area is 96.6 Å². The molecule has 1 unspecified atom stereocenters. The zero-order chi connectivity index (χ0) is 12.0. The first-order valence-corrected chi connectivity index (χ1v) is 5.41. The van der Waals surface area contributed by atoms with E-state index in [2.05, 4.69) is 6.58 Å². The molecule has 0 aliphatic heterocycles. The van der Waals surface area contributed by atoms with E-state index in [-0.39, 0.29) is 5.91 Å². The Morgan fingerprint density at radius 2 is 2.12 bits per heavy atom. The molecule has 3 nitrogen and oxygen atoms in total. The Kier molecular flexibility index (Phi) is 4.73. The van der Waals surface area contributed by atoms with Crippen LogP contribution in [0.2, 0.25) is 0 Å². The fourth-order valence-corrected chi connectivity index (χ4v) is 1.53. The van der Waals surface area contributed by atoms with Crippen LogP contribution < -0.4 is 5.73 Å². The fourth-order valence-electron chi connectivity index (χ4n) is 1.53. The molecule has 0 saturated heterocycles. The summed E-state index contributed by atoms with van der Waals surface area (Å²) in [6, 6.07) is 8.82. The zero-order valence-corrected chi connectivity index (χ0v) is 9.60. The van der Waals surface area contributed by atoms with Gasteiger partial charge < -0.3 is 10.6 Å². The number of hydrogen-bond donors (Lipinski definition) is 1. The van der Waals surface area contributed by atoms with E-state index in [1.54, 1.807) is 11.0 Å². The van der Waals surface area contributed by atoms with Crippen LogP contribution in [0.1, 0.15) is 18.5 Å². The van der Waals surface area contributed by atoms with Gasteiger partial charge in [0.2, 0.25) is 5.91 Å². The molecule has 16 heavy (non-hydrogen) atoms. The lowest BCUT2D eigenvalue weighted by Crippen LogP contribution is -2.38. The largest absolute Gasteiger partial charge is 0.338 e. The van der Waals surface area contributed by atoms with Crippen molar-refractivity contribution in [3.8, 4) is 0 Å². The van der Waals surface area contributed by atoms with Gasteiger partial charge in [0, 0.05) is 13.1 Å². The number of hydrogen-bond acceptors (Lipinski definition) is 2. The Hall–Kier alpha value is -1.61. The van der Waals surface area contributed by atoms with E-state index in [0.717, 1.165) is 5.56 Å². The minimum Gasteiger partial charge on any atom is -0.338 e. The summed E-state index contributed by atoms with van der Waals surface area (Å²) in [5.74, 6) is -0.0615. The topological polar surface area (TPSA) is 46.3 Å².